The predicted molar refractivity (Wildman–Crippen MR) is 64.8 cm³/mol. The monoisotopic (exact) mass is 240 g/mol. The van der Waals surface area contributed by atoms with E-state index in [1.807, 2.05) is 20.8 Å². The summed E-state index contributed by atoms with van der Waals surface area (Å²) in [5.74, 6) is 0.596. The van der Waals surface area contributed by atoms with Gasteiger partial charge in [0.15, 0.2) is 5.96 Å². The summed E-state index contributed by atoms with van der Waals surface area (Å²) in [6.45, 7) is 8.30. The van der Waals surface area contributed by atoms with Crippen molar-refractivity contribution in [3.8, 4) is 0 Å². The van der Waals surface area contributed by atoms with E-state index >= 15 is 0 Å². The van der Waals surface area contributed by atoms with Crippen LogP contribution in [0.5, 0.6) is 0 Å². The van der Waals surface area contributed by atoms with Gasteiger partial charge in [0.25, 0.3) is 0 Å². The van der Waals surface area contributed by atoms with Crippen LogP contribution in [0.2, 0.25) is 0 Å². The van der Waals surface area contributed by atoms with Gasteiger partial charge in [-0.25, -0.2) is 4.79 Å². The number of fused-ring (bicyclic) bond motifs is 1. The lowest BCUT2D eigenvalue weighted by atomic mass is 10.2. The molecule has 6 heteroatoms. The summed E-state index contributed by atoms with van der Waals surface area (Å²) in [6, 6.07) is 0.219. The molecule has 2 rings (SSSR count). The second-order valence-corrected chi connectivity index (χ2v) is 5.47. The fourth-order valence-electron chi connectivity index (χ4n) is 2.10. The molecule has 0 aromatic heterocycles. The Morgan fingerprint density at radius 1 is 1.47 bits per heavy atom. The van der Waals surface area contributed by atoms with Crippen molar-refractivity contribution < 1.29 is 9.53 Å². The highest BCUT2D eigenvalue weighted by Crippen LogP contribution is 2.17. The topological polar surface area (TPSA) is 71.2 Å². The molecule has 0 spiro atoms. The Kier molecular flexibility index (Phi) is 2.89. The molecule has 0 aliphatic carbocycles. The van der Waals surface area contributed by atoms with Gasteiger partial charge in [-0.2, -0.15) is 0 Å². The summed E-state index contributed by atoms with van der Waals surface area (Å²) in [5, 5.41) is 0. The normalized spacial score (nSPS) is 24.4. The fraction of sp³-hybridized carbons (Fsp3) is 0.818. The minimum Gasteiger partial charge on any atom is -0.444 e. The zero-order chi connectivity index (χ0) is 12.6. The second kappa shape index (κ2) is 4.09. The van der Waals surface area contributed by atoms with E-state index in [-0.39, 0.29) is 12.1 Å². The Labute approximate surface area is 101 Å². The molecule has 0 bridgehead atoms. The molecule has 2 aliphatic heterocycles. The van der Waals surface area contributed by atoms with Gasteiger partial charge in [0, 0.05) is 19.6 Å². The number of ether oxygens (including phenoxy) is 1. The molecule has 1 atom stereocenters. The number of rotatable bonds is 0. The van der Waals surface area contributed by atoms with Crippen molar-refractivity contribution in [2.24, 2.45) is 10.7 Å². The molecule has 0 saturated carbocycles. The molecule has 1 saturated heterocycles. The van der Waals surface area contributed by atoms with E-state index in [0.717, 1.165) is 6.54 Å². The van der Waals surface area contributed by atoms with Crippen LogP contribution in [0, 0.1) is 0 Å². The molecule has 0 unspecified atom stereocenters. The molecule has 6 nitrogen and oxygen atoms in total. The average molecular weight is 240 g/mol. The van der Waals surface area contributed by atoms with E-state index in [0.29, 0.717) is 25.6 Å². The summed E-state index contributed by atoms with van der Waals surface area (Å²) in [4.78, 5) is 19.9. The first-order chi connectivity index (χ1) is 7.87. The highest BCUT2D eigenvalue weighted by molar-refractivity contribution is 5.80. The molecule has 2 aliphatic rings. The number of nitrogens with two attached hydrogens (primary N) is 1. The molecule has 0 aromatic rings. The summed E-state index contributed by atoms with van der Waals surface area (Å²) >= 11 is 0. The third-order valence-electron chi connectivity index (χ3n) is 2.89. The number of carbonyl (C=O) groups excluding carboxylic acids is 1. The zero-order valence-electron chi connectivity index (χ0n) is 10.6. The van der Waals surface area contributed by atoms with Gasteiger partial charge >= 0.3 is 6.09 Å². The molecule has 17 heavy (non-hydrogen) atoms. The Bertz CT molecular complexity index is 348. The van der Waals surface area contributed by atoms with Gasteiger partial charge in [-0.1, -0.05) is 0 Å². The lowest BCUT2D eigenvalue weighted by molar-refractivity contribution is 0.0139. The average Bonchev–Trinajstić information content (AvgIpc) is 2.57. The molecular weight excluding hydrogens is 220 g/mol. The van der Waals surface area contributed by atoms with E-state index in [1.165, 1.54) is 0 Å². The highest BCUT2D eigenvalue weighted by atomic mass is 16.6. The van der Waals surface area contributed by atoms with Gasteiger partial charge in [0.05, 0.1) is 12.6 Å². The van der Waals surface area contributed by atoms with Gasteiger partial charge in [0.2, 0.25) is 0 Å². The van der Waals surface area contributed by atoms with Crippen LogP contribution >= 0.6 is 0 Å². The van der Waals surface area contributed by atoms with Crippen molar-refractivity contribution in [3.05, 3.63) is 0 Å². The smallest absolute Gasteiger partial charge is 0.410 e. The molecule has 0 radical (unpaired) electrons. The molecule has 96 valence electrons. The quantitative estimate of drug-likeness (QED) is 0.658. The van der Waals surface area contributed by atoms with Crippen LogP contribution < -0.4 is 5.73 Å². The maximum atomic E-state index is 11.9. The number of nitrogens with zero attached hydrogens (tertiary/aromatic N) is 3. The minimum absolute atomic E-state index is 0.219. The number of piperazine rings is 1. The zero-order valence-corrected chi connectivity index (χ0v) is 10.6. The van der Waals surface area contributed by atoms with Crippen LogP contribution in [0.15, 0.2) is 4.99 Å². The number of carbonyl (C=O) groups is 1. The lowest BCUT2D eigenvalue weighted by Gasteiger charge is -2.38. The van der Waals surface area contributed by atoms with Crippen molar-refractivity contribution in [1.82, 2.24) is 9.80 Å². The number of guanidine groups is 1. The maximum absolute atomic E-state index is 11.9. The van der Waals surface area contributed by atoms with Gasteiger partial charge in [0.1, 0.15) is 5.60 Å². The Hall–Kier alpha value is -1.46. The fourth-order valence-corrected chi connectivity index (χ4v) is 2.10. The van der Waals surface area contributed by atoms with E-state index in [1.54, 1.807) is 4.90 Å². The van der Waals surface area contributed by atoms with Gasteiger partial charge in [-0.05, 0) is 20.8 Å². The Balaban J connectivity index is 1.92. The van der Waals surface area contributed by atoms with Crippen LogP contribution in [-0.4, -0.2) is 59.7 Å². The van der Waals surface area contributed by atoms with Crippen LogP contribution in [0.25, 0.3) is 0 Å². The Morgan fingerprint density at radius 3 is 2.82 bits per heavy atom. The summed E-state index contributed by atoms with van der Waals surface area (Å²) in [7, 11) is 0. The van der Waals surface area contributed by atoms with Crippen LogP contribution in [0.1, 0.15) is 20.8 Å². The number of amides is 1. The SMILES string of the molecule is CC(C)(C)OC(=O)N1CCN2C(N)=NC[C@H]2C1. The van der Waals surface area contributed by atoms with E-state index in [4.69, 9.17) is 10.5 Å². The number of aliphatic imine (C=N–C) groups is 1. The molecule has 0 aromatic carbocycles. The maximum Gasteiger partial charge on any atom is 0.410 e. The van der Waals surface area contributed by atoms with Crippen LogP contribution in [0.4, 0.5) is 4.79 Å². The molecule has 1 amide bonds. The van der Waals surface area contributed by atoms with Crippen LogP contribution in [0.3, 0.4) is 0 Å². The third-order valence-corrected chi connectivity index (χ3v) is 2.89. The predicted octanol–water partition coefficient (Wildman–Crippen LogP) is 0.236. The van der Waals surface area contributed by atoms with Crippen molar-refractivity contribution in [2.45, 2.75) is 32.4 Å². The summed E-state index contributed by atoms with van der Waals surface area (Å²) in [6.07, 6.45) is -0.248. The van der Waals surface area contributed by atoms with Crippen molar-refractivity contribution in [1.29, 1.82) is 0 Å². The molecule has 1 fully saturated rings. The van der Waals surface area contributed by atoms with Crippen molar-refractivity contribution in [3.63, 3.8) is 0 Å². The standard InChI is InChI=1S/C11H20N4O2/c1-11(2,3)17-10(16)14-4-5-15-8(7-14)6-13-9(15)12/h8H,4-7H2,1-3H3,(H2,12,13)/t8-/m0/s1. The molecule has 2 N–H and O–H groups in total. The second-order valence-electron chi connectivity index (χ2n) is 5.47. The summed E-state index contributed by atoms with van der Waals surface area (Å²) < 4.78 is 5.35. The van der Waals surface area contributed by atoms with Gasteiger partial charge in [-0.3, -0.25) is 4.99 Å². The van der Waals surface area contributed by atoms with E-state index in [2.05, 4.69) is 9.89 Å². The van der Waals surface area contributed by atoms with Gasteiger partial charge in [-0.15, -0.1) is 0 Å². The van der Waals surface area contributed by atoms with Crippen LogP contribution in [-0.2, 0) is 4.74 Å². The van der Waals surface area contributed by atoms with Crippen molar-refractivity contribution >= 4 is 12.1 Å². The molecule has 2 heterocycles. The van der Waals surface area contributed by atoms with E-state index in [9.17, 15) is 4.79 Å². The summed E-state index contributed by atoms with van der Waals surface area (Å²) in [5.41, 5.74) is 5.31. The largest absolute Gasteiger partial charge is 0.444 e. The number of hydrogen-bond donors (Lipinski definition) is 1. The van der Waals surface area contributed by atoms with Crippen molar-refractivity contribution in [2.75, 3.05) is 26.2 Å². The highest BCUT2D eigenvalue weighted by Gasteiger charge is 2.35. The molecular formula is C11H20N4O2. The minimum atomic E-state index is -0.445. The van der Waals surface area contributed by atoms with Gasteiger partial charge < -0.3 is 20.3 Å². The Morgan fingerprint density at radius 2 is 2.18 bits per heavy atom. The first-order valence-corrected chi connectivity index (χ1v) is 5.91. The first kappa shape index (κ1) is 12.0. The number of hydrogen-bond acceptors (Lipinski definition) is 5. The lowest BCUT2D eigenvalue weighted by Crippen LogP contribution is -2.56. The third kappa shape index (κ3) is 2.62. The van der Waals surface area contributed by atoms with E-state index < -0.39 is 5.60 Å². The first-order valence-electron chi connectivity index (χ1n) is 5.91.